The fourth-order valence-corrected chi connectivity index (χ4v) is 2.70. The van der Waals surface area contributed by atoms with Crippen molar-refractivity contribution in [2.24, 2.45) is 0 Å². The maximum atomic E-state index is 12.0. The summed E-state index contributed by atoms with van der Waals surface area (Å²) in [4.78, 5) is 24.8. The number of benzene rings is 2. The summed E-state index contributed by atoms with van der Waals surface area (Å²) in [6, 6.07) is 13.0. The molecule has 0 aliphatic heterocycles. The summed E-state index contributed by atoms with van der Waals surface area (Å²) in [6.45, 7) is 1.73. The van der Waals surface area contributed by atoms with E-state index in [1.165, 1.54) is 30.0 Å². The Morgan fingerprint density at radius 1 is 1.13 bits per heavy atom. The van der Waals surface area contributed by atoms with Gasteiger partial charge in [0.2, 0.25) is 0 Å². The highest BCUT2D eigenvalue weighted by Crippen LogP contribution is 2.24. The number of carbonyl (C=O) groups is 2. The molecule has 0 saturated heterocycles. The molecule has 1 atom stereocenters. The quantitative estimate of drug-likeness (QED) is 0.585. The van der Waals surface area contributed by atoms with Crippen LogP contribution in [-0.2, 0) is 4.79 Å². The average molecular weight is 351 g/mol. The first-order chi connectivity index (χ1) is 11.0. The fourth-order valence-electron chi connectivity index (χ4n) is 1.71. The number of phenols is 1. The zero-order valence-electron chi connectivity index (χ0n) is 12.2. The van der Waals surface area contributed by atoms with E-state index in [1.54, 1.807) is 25.1 Å². The van der Waals surface area contributed by atoms with E-state index in [0.29, 0.717) is 5.02 Å². The molecule has 2 amide bonds. The van der Waals surface area contributed by atoms with Crippen molar-refractivity contribution < 1.29 is 14.7 Å². The first-order valence-corrected chi connectivity index (χ1v) is 8.03. The predicted molar refractivity (Wildman–Crippen MR) is 90.5 cm³/mol. The van der Waals surface area contributed by atoms with Gasteiger partial charge in [0.1, 0.15) is 5.75 Å². The standard InChI is InChI=1S/C16H15ClN2O3S/c1-10(23-14-7-5-12(17)6-8-14)15(21)18-19-16(22)11-3-2-4-13(20)9-11/h2-10,20H,1H3,(H,18,21)(H,19,22)/t10-/m1/s1. The highest BCUT2D eigenvalue weighted by atomic mass is 35.5. The van der Waals surface area contributed by atoms with Gasteiger partial charge in [-0.2, -0.15) is 0 Å². The topological polar surface area (TPSA) is 78.4 Å². The van der Waals surface area contributed by atoms with Crippen LogP contribution in [0.4, 0.5) is 0 Å². The third-order valence-electron chi connectivity index (χ3n) is 2.90. The number of halogens is 1. The van der Waals surface area contributed by atoms with Crippen LogP contribution in [0.3, 0.4) is 0 Å². The minimum atomic E-state index is -0.502. The summed E-state index contributed by atoms with van der Waals surface area (Å²) in [7, 11) is 0. The zero-order chi connectivity index (χ0) is 16.8. The molecule has 2 aromatic rings. The van der Waals surface area contributed by atoms with Crippen LogP contribution in [0.2, 0.25) is 5.02 Å². The molecule has 5 nitrogen and oxygen atoms in total. The van der Waals surface area contributed by atoms with Gasteiger partial charge in [0.25, 0.3) is 11.8 Å². The van der Waals surface area contributed by atoms with Crippen LogP contribution in [0, 0.1) is 0 Å². The monoisotopic (exact) mass is 350 g/mol. The first-order valence-electron chi connectivity index (χ1n) is 6.77. The van der Waals surface area contributed by atoms with Gasteiger partial charge in [-0.15, -0.1) is 11.8 Å². The summed E-state index contributed by atoms with van der Waals surface area (Å²) >= 11 is 7.16. The van der Waals surface area contributed by atoms with Gasteiger partial charge in [-0.25, -0.2) is 0 Å². The lowest BCUT2D eigenvalue weighted by Gasteiger charge is -2.13. The molecule has 0 radical (unpaired) electrons. The number of nitrogens with one attached hydrogen (secondary N) is 2. The van der Waals surface area contributed by atoms with E-state index in [0.717, 1.165) is 4.90 Å². The van der Waals surface area contributed by atoms with E-state index >= 15 is 0 Å². The number of amides is 2. The molecule has 0 spiro atoms. The van der Waals surface area contributed by atoms with Crippen molar-refractivity contribution in [3.05, 3.63) is 59.1 Å². The third kappa shape index (κ3) is 5.19. The smallest absolute Gasteiger partial charge is 0.269 e. The molecule has 0 heterocycles. The van der Waals surface area contributed by atoms with E-state index in [4.69, 9.17) is 11.6 Å². The molecular weight excluding hydrogens is 336 g/mol. The van der Waals surface area contributed by atoms with Crippen LogP contribution in [-0.4, -0.2) is 22.2 Å². The number of hydrogen-bond acceptors (Lipinski definition) is 4. The molecule has 120 valence electrons. The van der Waals surface area contributed by atoms with Crippen molar-refractivity contribution in [2.75, 3.05) is 0 Å². The second kappa shape index (κ2) is 7.89. The van der Waals surface area contributed by atoms with Crippen LogP contribution in [0.1, 0.15) is 17.3 Å². The van der Waals surface area contributed by atoms with Crippen LogP contribution in [0.15, 0.2) is 53.4 Å². The fraction of sp³-hybridized carbons (Fsp3) is 0.125. The Hall–Kier alpha value is -2.18. The number of hydrogen-bond donors (Lipinski definition) is 3. The van der Waals surface area contributed by atoms with E-state index < -0.39 is 11.2 Å². The van der Waals surface area contributed by atoms with Gasteiger partial charge >= 0.3 is 0 Å². The molecule has 3 N–H and O–H groups in total. The van der Waals surface area contributed by atoms with Gasteiger partial charge in [0, 0.05) is 15.5 Å². The molecule has 0 bridgehead atoms. The Kier molecular flexibility index (Phi) is 5.90. The lowest BCUT2D eigenvalue weighted by molar-refractivity contribution is -0.121. The van der Waals surface area contributed by atoms with Gasteiger partial charge < -0.3 is 5.11 Å². The SMILES string of the molecule is C[C@@H](Sc1ccc(Cl)cc1)C(=O)NNC(=O)c1cccc(O)c1. The molecule has 0 fully saturated rings. The summed E-state index contributed by atoms with van der Waals surface area (Å²) in [5.41, 5.74) is 4.94. The Morgan fingerprint density at radius 3 is 2.48 bits per heavy atom. The van der Waals surface area contributed by atoms with Crippen LogP contribution >= 0.6 is 23.4 Å². The number of hydrazine groups is 1. The molecule has 0 saturated carbocycles. The van der Waals surface area contributed by atoms with Crippen molar-refractivity contribution in [1.29, 1.82) is 0 Å². The minimum Gasteiger partial charge on any atom is -0.508 e. The molecule has 2 rings (SSSR count). The van der Waals surface area contributed by atoms with Crippen LogP contribution < -0.4 is 10.9 Å². The van der Waals surface area contributed by atoms with Crippen molar-refractivity contribution in [3.8, 4) is 5.75 Å². The second-order valence-electron chi connectivity index (χ2n) is 4.71. The van der Waals surface area contributed by atoms with Gasteiger partial charge in [-0.05, 0) is 49.4 Å². The minimum absolute atomic E-state index is 0.0179. The summed E-state index contributed by atoms with van der Waals surface area (Å²) in [5, 5.41) is 9.56. The van der Waals surface area contributed by atoms with E-state index in [-0.39, 0.29) is 17.2 Å². The normalized spacial score (nSPS) is 11.6. The lowest BCUT2D eigenvalue weighted by Crippen LogP contribution is -2.44. The van der Waals surface area contributed by atoms with E-state index in [9.17, 15) is 14.7 Å². The van der Waals surface area contributed by atoms with Gasteiger partial charge in [0.15, 0.2) is 0 Å². The summed E-state index contributed by atoms with van der Waals surface area (Å²) in [5.74, 6) is -0.855. The number of thioether (sulfide) groups is 1. The molecule has 0 unspecified atom stereocenters. The Labute approximate surface area is 143 Å². The van der Waals surface area contributed by atoms with Gasteiger partial charge in [-0.3, -0.25) is 20.4 Å². The molecule has 0 aromatic heterocycles. The maximum absolute atomic E-state index is 12.0. The Balaban J connectivity index is 1.86. The highest BCUT2D eigenvalue weighted by molar-refractivity contribution is 8.00. The zero-order valence-corrected chi connectivity index (χ0v) is 13.8. The van der Waals surface area contributed by atoms with Gasteiger partial charge in [-0.1, -0.05) is 17.7 Å². The van der Waals surface area contributed by atoms with Crippen molar-refractivity contribution in [2.45, 2.75) is 17.1 Å². The van der Waals surface area contributed by atoms with Crippen LogP contribution in [0.5, 0.6) is 5.75 Å². The largest absolute Gasteiger partial charge is 0.508 e. The first kappa shape index (κ1) is 17.2. The number of aromatic hydroxyl groups is 1. The van der Waals surface area contributed by atoms with Gasteiger partial charge in [0.05, 0.1) is 5.25 Å². The summed E-state index contributed by atoms with van der Waals surface area (Å²) < 4.78 is 0. The number of carbonyl (C=O) groups excluding carboxylic acids is 2. The number of phenolic OH excluding ortho intramolecular Hbond substituents is 1. The third-order valence-corrected chi connectivity index (χ3v) is 4.27. The molecule has 0 aliphatic rings. The predicted octanol–water partition coefficient (Wildman–Crippen LogP) is 2.99. The molecular formula is C16H15ClN2O3S. The van der Waals surface area contributed by atoms with E-state index in [2.05, 4.69) is 10.9 Å². The molecule has 7 heteroatoms. The Morgan fingerprint density at radius 2 is 1.83 bits per heavy atom. The Bertz CT molecular complexity index is 707. The van der Waals surface area contributed by atoms with Crippen molar-refractivity contribution in [3.63, 3.8) is 0 Å². The average Bonchev–Trinajstić information content (AvgIpc) is 2.54. The molecule has 0 aliphatic carbocycles. The summed E-state index contributed by atoms with van der Waals surface area (Å²) in [6.07, 6.45) is 0. The highest BCUT2D eigenvalue weighted by Gasteiger charge is 2.15. The van der Waals surface area contributed by atoms with Crippen LogP contribution in [0.25, 0.3) is 0 Å². The second-order valence-corrected chi connectivity index (χ2v) is 6.56. The van der Waals surface area contributed by atoms with E-state index in [1.807, 2.05) is 12.1 Å². The van der Waals surface area contributed by atoms with Crippen molar-refractivity contribution >= 4 is 35.2 Å². The van der Waals surface area contributed by atoms with Crippen molar-refractivity contribution in [1.82, 2.24) is 10.9 Å². The number of rotatable bonds is 4. The molecule has 23 heavy (non-hydrogen) atoms. The maximum Gasteiger partial charge on any atom is 0.269 e. The molecule has 2 aromatic carbocycles. The lowest BCUT2D eigenvalue weighted by atomic mass is 10.2.